The zero-order chi connectivity index (χ0) is 24.1. The van der Waals surface area contributed by atoms with E-state index in [-0.39, 0.29) is 24.1 Å². The first-order valence-corrected chi connectivity index (χ1v) is 11.2. The fraction of sp³-hybridized carbons (Fsp3) is 0.320. The minimum atomic E-state index is -0.914. The second-order valence-corrected chi connectivity index (χ2v) is 8.24. The molecule has 3 aromatic rings. The Morgan fingerprint density at radius 2 is 1.76 bits per heavy atom. The molecule has 8 nitrogen and oxygen atoms in total. The van der Waals surface area contributed by atoms with E-state index in [9.17, 15) is 18.8 Å². The second-order valence-electron chi connectivity index (χ2n) is 8.24. The van der Waals surface area contributed by atoms with Gasteiger partial charge in [0.05, 0.1) is 5.69 Å². The van der Waals surface area contributed by atoms with Crippen LogP contribution in [0.25, 0.3) is 10.9 Å². The first-order valence-electron chi connectivity index (χ1n) is 11.2. The van der Waals surface area contributed by atoms with Crippen molar-refractivity contribution in [3.63, 3.8) is 0 Å². The van der Waals surface area contributed by atoms with Gasteiger partial charge in [-0.05, 0) is 23.8 Å². The van der Waals surface area contributed by atoms with E-state index in [1.807, 2.05) is 29.2 Å². The summed E-state index contributed by atoms with van der Waals surface area (Å²) in [5.41, 5.74) is 2.30. The van der Waals surface area contributed by atoms with Crippen molar-refractivity contribution in [2.24, 2.45) is 0 Å². The molecular formula is C25H27FN4O4. The SMILES string of the molecule is CC(=O)N[C@@H](Cc1c[nH]c2ccccc12)C(=O)OCC(=O)N1CCN(c2ccccc2F)CC1. The van der Waals surface area contributed by atoms with E-state index >= 15 is 0 Å². The fourth-order valence-corrected chi connectivity index (χ4v) is 4.19. The molecule has 178 valence electrons. The molecule has 2 aromatic carbocycles. The van der Waals surface area contributed by atoms with Crippen molar-refractivity contribution < 1.29 is 23.5 Å². The lowest BCUT2D eigenvalue weighted by Gasteiger charge is -2.36. The molecule has 1 aliphatic rings. The van der Waals surface area contributed by atoms with E-state index in [0.29, 0.717) is 31.9 Å². The molecule has 1 atom stereocenters. The normalized spacial score (nSPS) is 14.6. The first kappa shape index (κ1) is 23.3. The van der Waals surface area contributed by atoms with Crippen LogP contribution in [0.15, 0.2) is 54.7 Å². The number of hydrogen-bond donors (Lipinski definition) is 2. The number of piperazine rings is 1. The number of aromatic nitrogens is 1. The van der Waals surface area contributed by atoms with Crippen molar-refractivity contribution in [3.8, 4) is 0 Å². The lowest BCUT2D eigenvalue weighted by molar-refractivity contribution is -0.154. The Kier molecular flexibility index (Phi) is 7.10. The molecule has 0 unspecified atom stereocenters. The molecule has 1 aromatic heterocycles. The van der Waals surface area contributed by atoms with Gasteiger partial charge in [0.1, 0.15) is 11.9 Å². The molecule has 34 heavy (non-hydrogen) atoms. The number of hydrogen-bond acceptors (Lipinski definition) is 5. The van der Waals surface area contributed by atoms with Crippen molar-refractivity contribution in [3.05, 3.63) is 66.1 Å². The number of nitrogens with zero attached hydrogens (tertiary/aromatic N) is 2. The van der Waals surface area contributed by atoms with Crippen molar-refractivity contribution in [1.29, 1.82) is 0 Å². The van der Waals surface area contributed by atoms with Crippen LogP contribution in [0.2, 0.25) is 0 Å². The Hall–Kier alpha value is -3.88. The van der Waals surface area contributed by atoms with Gasteiger partial charge in [-0.15, -0.1) is 0 Å². The molecule has 1 saturated heterocycles. The number of H-pyrrole nitrogens is 1. The van der Waals surface area contributed by atoms with Gasteiger partial charge in [-0.25, -0.2) is 9.18 Å². The van der Waals surface area contributed by atoms with Crippen molar-refractivity contribution in [2.75, 3.05) is 37.7 Å². The summed E-state index contributed by atoms with van der Waals surface area (Å²) in [6, 6.07) is 13.3. The number of fused-ring (bicyclic) bond motifs is 1. The zero-order valence-corrected chi connectivity index (χ0v) is 18.9. The van der Waals surface area contributed by atoms with Gasteiger partial charge in [0.2, 0.25) is 5.91 Å². The van der Waals surface area contributed by atoms with Crippen LogP contribution in [0, 0.1) is 5.82 Å². The van der Waals surface area contributed by atoms with Crippen LogP contribution in [0.1, 0.15) is 12.5 Å². The summed E-state index contributed by atoms with van der Waals surface area (Å²) in [5, 5.41) is 3.57. The molecule has 1 fully saturated rings. The summed E-state index contributed by atoms with van der Waals surface area (Å²) in [6.07, 6.45) is 2.03. The molecule has 2 amide bonds. The number of halogens is 1. The highest BCUT2D eigenvalue weighted by Gasteiger charge is 2.26. The summed E-state index contributed by atoms with van der Waals surface area (Å²) < 4.78 is 19.3. The summed E-state index contributed by atoms with van der Waals surface area (Å²) >= 11 is 0. The third kappa shape index (κ3) is 5.36. The van der Waals surface area contributed by atoms with Gasteiger partial charge < -0.3 is 24.8 Å². The van der Waals surface area contributed by atoms with E-state index in [2.05, 4.69) is 10.3 Å². The minimum Gasteiger partial charge on any atom is -0.454 e. The maximum absolute atomic E-state index is 14.0. The predicted molar refractivity (Wildman–Crippen MR) is 126 cm³/mol. The van der Waals surface area contributed by atoms with Crippen LogP contribution in [0.3, 0.4) is 0 Å². The van der Waals surface area contributed by atoms with Gasteiger partial charge in [-0.1, -0.05) is 30.3 Å². The van der Waals surface area contributed by atoms with Gasteiger partial charge >= 0.3 is 5.97 Å². The average molecular weight is 467 g/mol. The number of amides is 2. The highest BCUT2D eigenvalue weighted by molar-refractivity contribution is 5.88. The number of carbonyl (C=O) groups excluding carboxylic acids is 3. The first-order chi connectivity index (χ1) is 16.4. The zero-order valence-electron chi connectivity index (χ0n) is 18.9. The largest absolute Gasteiger partial charge is 0.454 e. The summed E-state index contributed by atoms with van der Waals surface area (Å²) in [6.45, 7) is 2.67. The van der Waals surface area contributed by atoms with Crippen LogP contribution in [0.5, 0.6) is 0 Å². The van der Waals surface area contributed by atoms with Gasteiger partial charge in [-0.2, -0.15) is 0 Å². The van der Waals surface area contributed by atoms with Gasteiger partial charge in [0, 0.05) is 56.6 Å². The van der Waals surface area contributed by atoms with Crippen LogP contribution in [0.4, 0.5) is 10.1 Å². The average Bonchev–Trinajstić information content (AvgIpc) is 3.25. The van der Waals surface area contributed by atoms with E-state index in [0.717, 1.165) is 16.5 Å². The number of rotatable bonds is 7. The van der Waals surface area contributed by atoms with E-state index in [1.165, 1.54) is 13.0 Å². The number of ether oxygens (including phenoxy) is 1. The Bertz CT molecular complexity index is 1190. The topological polar surface area (TPSA) is 94.7 Å². The maximum atomic E-state index is 14.0. The standard InChI is InChI=1S/C25H27FN4O4/c1-17(31)28-22(14-18-15-27-21-8-4-2-6-19(18)21)25(33)34-16-24(32)30-12-10-29(11-13-30)23-9-5-3-7-20(23)26/h2-9,15,22,27H,10-14,16H2,1H3,(H,28,31)/t22-/m0/s1. The quantitative estimate of drug-likeness (QED) is 0.521. The Labute approximate surface area is 196 Å². The molecule has 0 bridgehead atoms. The third-order valence-corrected chi connectivity index (χ3v) is 5.92. The van der Waals surface area contributed by atoms with Crippen molar-refractivity contribution in [2.45, 2.75) is 19.4 Å². The predicted octanol–water partition coefficient (Wildman–Crippen LogP) is 2.25. The molecule has 1 aliphatic heterocycles. The Morgan fingerprint density at radius 1 is 1.06 bits per heavy atom. The molecule has 2 heterocycles. The number of para-hydroxylation sites is 2. The molecule has 0 radical (unpaired) electrons. The number of carbonyl (C=O) groups is 3. The molecular weight excluding hydrogens is 439 g/mol. The van der Waals surface area contributed by atoms with Gasteiger partial charge in [-0.3, -0.25) is 9.59 Å². The smallest absolute Gasteiger partial charge is 0.329 e. The molecule has 0 spiro atoms. The molecule has 4 rings (SSSR count). The van der Waals surface area contributed by atoms with E-state index in [1.54, 1.807) is 29.3 Å². The van der Waals surface area contributed by atoms with Crippen molar-refractivity contribution >= 4 is 34.4 Å². The molecule has 0 saturated carbocycles. The number of nitrogens with one attached hydrogen (secondary N) is 2. The number of benzene rings is 2. The second kappa shape index (κ2) is 10.4. The van der Waals surface area contributed by atoms with Gasteiger partial charge in [0.15, 0.2) is 6.61 Å². The van der Waals surface area contributed by atoms with E-state index < -0.39 is 18.6 Å². The maximum Gasteiger partial charge on any atom is 0.329 e. The lowest BCUT2D eigenvalue weighted by atomic mass is 10.0. The van der Waals surface area contributed by atoms with Crippen LogP contribution in [-0.4, -0.2) is 66.5 Å². The van der Waals surface area contributed by atoms with E-state index in [4.69, 9.17) is 4.74 Å². The molecule has 0 aliphatic carbocycles. The lowest BCUT2D eigenvalue weighted by Crippen LogP contribution is -2.50. The monoisotopic (exact) mass is 466 g/mol. The number of anilines is 1. The highest BCUT2D eigenvalue weighted by atomic mass is 19.1. The van der Waals surface area contributed by atoms with Crippen LogP contribution < -0.4 is 10.2 Å². The van der Waals surface area contributed by atoms with Crippen LogP contribution in [-0.2, 0) is 25.5 Å². The fourth-order valence-electron chi connectivity index (χ4n) is 4.19. The summed E-state index contributed by atoms with van der Waals surface area (Å²) in [7, 11) is 0. The Balaban J connectivity index is 1.32. The highest BCUT2D eigenvalue weighted by Crippen LogP contribution is 2.21. The third-order valence-electron chi connectivity index (χ3n) is 5.92. The summed E-state index contributed by atoms with van der Waals surface area (Å²) in [4.78, 5) is 43.7. The van der Waals surface area contributed by atoms with Crippen LogP contribution >= 0.6 is 0 Å². The summed E-state index contributed by atoms with van der Waals surface area (Å²) in [5.74, 6) is -1.65. The number of esters is 1. The Morgan fingerprint density at radius 3 is 2.50 bits per heavy atom. The number of aromatic amines is 1. The van der Waals surface area contributed by atoms with Gasteiger partial charge in [0.25, 0.3) is 5.91 Å². The molecule has 2 N–H and O–H groups in total. The molecule has 9 heteroatoms. The minimum absolute atomic E-state index is 0.234. The van der Waals surface area contributed by atoms with Crippen molar-refractivity contribution in [1.82, 2.24) is 15.2 Å².